The average Bonchev–Trinajstić information content (AvgIpc) is 2.57. The van der Waals surface area contributed by atoms with Crippen LogP contribution in [0.5, 0.6) is 0 Å². The topological polar surface area (TPSA) is 46.8 Å². The molecule has 3 aromatic rings. The second kappa shape index (κ2) is 7.20. The molecule has 3 nitrogen and oxygen atoms in total. The Labute approximate surface area is 146 Å². The molecule has 124 valence electrons. The monoisotopic (exact) mass is 342 g/mol. The summed E-state index contributed by atoms with van der Waals surface area (Å²) in [6, 6.07) is 13.7. The molecular weight excluding hydrogens is 322 g/mol. The molecular formula is C20H21ClNO2+. The predicted molar refractivity (Wildman–Crippen MR) is 97.6 cm³/mol. The van der Waals surface area contributed by atoms with Gasteiger partial charge in [-0.05, 0) is 42.7 Å². The van der Waals surface area contributed by atoms with E-state index in [1.54, 1.807) is 6.07 Å². The molecule has 2 N–H and O–H groups in total. The number of aryl methyl sites for hydroxylation is 2. The van der Waals surface area contributed by atoms with Gasteiger partial charge in [-0.1, -0.05) is 35.9 Å². The number of benzene rings is 2. The first-order valence-corrected chi connectivity index (χ1v) is 8.51. The fraction of sp³-hybridized carbons (Fsp3) is 0.250. The van der Waals surface area contributed by atoms with Gasteiger partial charge in [-0.2, -0.15) is 0 Å². The fourth-order valence-electron chi connectivity index (χ4n) is 2.87. The Hall–Kier alpha value is -2.10. The molecule has 0 fully saturated rings. The number of hydrogen-bond donors (Lipinski definition) is 1. The molecule has 0 saturated carbocycles. The van der Waals surface area contributed by atoms with Gasteiger partial charge in [-0.25, -0.2) is 4.79 Å². The van der Waals surface area contributed by atoms with Crippen LogP contribution in [0.3, 0.4) is 0 Å². The smallest absolute Gasteiger partial charge is 0.336 e. The molecule has 0 amide bonds. The molecule has 1 aromatic heterocycles. The number of quaternary nitrogens is 1. The molecule has 0 saturated heterocycles. The minimum Gasteiger partial charge on any atom is -0.422 e. The van der Waals surface area contributed by atoms with Crippen molar-refractivity contribution in [1.82, 2.24) is 0 Å². The van der Waals surface area contributed by atoms with Crippen molar-refractivity contribution >= 4 is 22.6 Å². The van der Waals surface area contributed by atoms with Crippen molar-refractivity contribution in [3.8, 4) is 0 Å². The highest BCUT2D eigenvalue weighted by Crippen LogP contribution is 2.22. The predicted octanol–water partition coefficient (Wildman–Crippen LogP) is 3.37. The van der Waals surface area contributed by atoms with E-state index in [-0.39, 0.29) is 5.63 Å². The van der Waals surface area contributed by atoms with E-state index >= 15 is 0 Å². The summed E-state index contributed by atoms with van der Waals surface area (Å²) in [7, 11) is 0. The van der Waals surface area contributed by atoms with E-state index in [2.05, 4.69) is 23.5 Å². The van der Waals surface area contributed by atoms with Crippen LogP contribution in [0.15, 0.2) is 51.7 Å². The van der Waals surface area contributed by atoms with Gasteiger partial charge in [0, 0.05) is 28.5 Å². The second-order valence-corrected chi connectivity index (χ2v) is 6.57. The number of nitrogens with two attached hydrogens (primary N) is 1. The maximum atomic E-state index is 11.9. The first-order chi connectivity index (χ1) is 11.5. The maximum absolute atomic E-state index is 11.9. The van der Waals surface area contributed by atoms with Crippen molar-refractivity contribution in [1.29, 1.82) is 0 Å². The first-order valence-electron chi connectivity index (χ1n) is 8.13. The number of fused-ring (bicyclic) bond motifs is 1. The molecule has 0 radical (unpaired) electrons. The highest BCUT2D eigenvalue weighted by atomic mass is 35.5. The molecule has 2 aromatic carbocycles. The van der Waals surface area contributed by atoms with E-state index < -0.39 is 0 Å². The average molecular weight is 343 g/mol. The van der Waals surface area contributed by atoms with Gasteiger partial charge in [0.25, 0.3) is 0 Å². The third kappa shape index (κ3) is 3.69. The van der Waals surface area contributed by atoms with Crippen LogP contribution >= 0.6 is 11.6 Å². The molecule has 3 rings (SSSR count). The third-order valence-electron chi connectivity index (χ3n) is 4.43. The Morgan fingerprint density at radius 1 is 1.08 bits per heavy atom. The molecule has 24 heavy (non-hydrogen) atoms. The Balaban J connectivity index is 1.72. The highest BCUT2D eigenvalue weighted by Gasteiger charge is 2.10. The maximum Gasteiger partial charge on any atom is 0.336 e. The molecule has 0 bridgehead atoms. The van der Waals surface area contributed by atoms with Crippen LogP contribution in [-0.2, 0) is 13.0 Å². The Morgan fingerprint density at radius 2 is 1.83 bits per heavy atom. The molecule has 0 aliphatic carbocycles. The van der Waals surface area contributed by atoms with Gasteiger partial charge < -0.3 is 9.73 Å². The highest BCUT2D eigenvalue weighted by molar-refractivity contribution is 6.30. The van der Waals surface area contributed by atoms with Crippen molar-refractivity contribution in [2.24, 2.45) is 0 Å². The van der Waals surface area contributed by atoms with E-state index in [1.807, 2.05) is 32.0 Å². The second-order valence-electron chi connectivity index (χ2n) is 6.13. The zero-order chi connectivity index (χ0) is 17.1. The van der Waals surface area contributed by atoms with Crippen molar-refractivity contribution in [3.05, 3.63) is 80.2 Å². The van der Waals surface area contributed by atoms with E-state index in [1.165, 1.54) is 5.56 Å². The van der Waals surface area contributed by atoms with E-state index in [0.29, 0.717) is 5.58 Å². The van der Waals surface area contributed by atoms with E-state index in [4.69, 9.17) is 16.0 Å². The van der Waals surface area contributed by atoms with E-state index in [9.17, 15) is 4.79 Å². The van der Waals surface area contributed by atoms with Crippen LogP contribution in [0.1, 0.15) is 22.3 Å². The molecule has 0 unspecified atom stereocenters. The lowest BCUT2D eigenvalue weighted by Gasteiger charge is -2.08. The lowest BCUT2D eigenvalue weighted by molar-refractivity contribution is -0.670. The molecule has 1 heterocycles. The van der Waals surface area contributed by atoms with Crippen molar-refractivity contribution in [2.75, 3.05) is 6.54 Å². The van der Waals surface area contributed by atoms with Gasteiger partial charge in [0.2, 0.25) is 0 Å². The van der Waals surface area contributed by atoms with Crippen LogP contribution in [0, 0.1) is 13.8 Å². The number of hydrogen-bond acceptors (Lipinski definition) is 2. The van der Waals surface area contributed by atoms with Crippen molar-refractivity contribution < 1.29 is 9.73 Å². The Bertz CT molecular complexity index is 913. The van der Waals surface area contributed by atoms with Gasteiger partial charge in [0.1, 0.15) is 12.1 Å². The molecule has 4 heteroatoms. The normalized spacial score (nSPS) is 11.1. The summed E-state index contributed by atoms with van der Waals surface area (Å²) in [5.41, 5.74) is 4.89. The minimum absolute atomic E-state index is 0.280. The summed E-state index contributed by atoms with van der Waals surface area (Å²) in [6.45, 7) is 5.74. The van der Waals surface area contributed by atoms with Crippen LogP contribution < -0.4 is 10.9 Å². The zero-order valence-corrected chi connectivity index (χ0v) is 14.7. The SMILES string of the molecule is Cc1ccc2c(C[NH2+]CCc3ccc(Cl)cc3)cc(=O)oc2c1C. The van der Waals surface area contributed by atoms with Crippen LogP contribution in [0.2, 0.25) is 5.02 Å². The molecule has 0 aliphatic heterocycles. The lowest BCUT2D eigenvalue weighted by Crippen LogP contribution is -2.83. The quantitative estimate of drug-likeness (QED) is 0.571. The van der Waals surface area contributed by atoms with Gasteiger partial charge in [0.05, 0.1) is 6.54 Å². The van der Waals surface area contributed by atoms with Crippen LogP contribution in [0.25, 0.3) is 11.0 Å². The number of rotatable bonds is 5. The molecule has 0 aliphatic rings. The largest absolute Gasteiger partial charge is 0.422 e. The zero-order valence-electron chi connectivity index (χ0n) is 13.9. The van der Waals surface area contributed by atoms with Gasteiger partial charge in [-0.15, -0.1) is 0 Å². The molecule has 0 spiro atoms. The van der Waals surface area contributed by atoms with Gasteiger partial charge in [-0.3, -0.25) is 0 Å². The Morgan fingerprint density at radius 3 is 2.58 bits per heavy atom. The third-order valence-corrected chi connectivity index (χ3v) is 4.68. The minimum atomic E-state index is -0.280. The van der Waals surface area contributed by atoms with Crippen LogP contribution in [0.4, 0.5) is 0 Å². The fourth-order valence-corrected chi connectivity index (χ4v) is 3.00. The lowest BCUT2D eigenvalue weighted by atomic mass is 10.0. The summed E-state index contributed by atoms with van der Waals surface area (Å²) in [4.78, 5) is 11.9. The summed E-state index contributed by atoms with van der Waals surface area (Å²) in [6.07, 6.45) is 0.967. The van der Waals surface area contributed by atoms with Gasteiger partial charge >= 0.3 is 5.63 Å². The van der Waals surface area contributed by atoms with Crippen molar-refractivity contribution in [3.63, 3.8) is 0 Å². The summed E-state index contributed by atoms with van der Waals surface area (Å²) < 4.78 is 5.42. The van der Waals surface area contributed by atoms with Gasteiger partial charge in [0.15, 0.2) is 0 Å². The summed E-state index contributed by atoms with van der Waals surface area (Å²) >= 11 is 5.90. The van der Waals surface area contributed by atoms with Crippen molar-refractivity contribution in [2.45, 2.75) is 26.8 Å². The molecule has 0 atom stereocenters. The van der Waals surface area contributed by atoms with E-state index in [0.717, 1.165) is 46.6 Å². The standard InChI is InChI=1S/C20H20ClNO2/c1-13-3-8-18-16(11-19(23)24-20(18)14(13)2)12-22-10-9-15-4-6-17(21)7-5-15/h3-8,11,22H,9-10,12H2,1-2H3/p+1. The summed E-state index contributed by atoms with van der Waals surface area (Å²) in [5.74, 6) is 0. The first kappa shape index (κ1) is 16.7. The summed E-state index contributed by atoms with van der Waals surface area (Å²) in [5, 5.41) is 4.01. The Kier molecular flexibility index (Phi) is 5.03. The van der Waals surface area contributed by atoms with Crippen LogP contribution in [-0.4, -0.2) is 6.54 Å². The number of halogens is 1.